The van der Waals surface area contributed by atoms with Crippen molar-refractivity contribution in [1.82, 2.24) is 10.3 Å². The predicted octanol–water partition coefficient (Wildman–Crippen LogP) is 2.93. The van der Waals surface area contributed by atoms with E-state index >= 15 is 0 Å². The normalized spacial score (nSPS) is 12.4. The summed E-state index contributed by atoms with van der Waals surface area (Å²) in [5.41, 5.74) is 1.07. The monoisotopic (exact) mass is 222 g/mol. The molecule has 1 aromatic heterocycles. The summed E-state index contributed by atoms with van der Waals surface area (Å²) in [7, 11) is 0. The van der Waals surface area contributed by atoms with Crippen LogP contribution in [-0.4, -0.2) is 18.1 Å². The third kappa shape index (κ3) is 4.19. The van der Waals surface area contributed by atoms with Crippen molar-refractivity contribution in [2.24, 2.45) is 0 Å². The number of ether oxygens (including phenoxy) is 1. The molecule has 3 nitrogen and oxygen atoms in total. The van der Waals surface area contributed by atoms with Gasteiger partial charge in [-0.2, -0.15) is 0 Å². The fourth-order valence-electron chi connectivity index (χ4n) is 1.42. The molecule has 0 fully saturated rings. The third-order valence-corrected chi connectivity index (χ3v) is 2.38. The van der Waals surface area contributed by atoms with Crippen LogP contribution in [0.5, 0.6) is 5.75 Å². The molecule has 90 valence electrons. The minimum Gasteiger partial charge on any atom is -0.492 e. The molecule has 0 bridgehead atoms. The summed E-state index contributed by atoms with van der Waals surface area (Å²) in [4.78, 5) is 4.40. The standard InChI is InChI=1S/C13H22N2O/c1-4-8-14-11(3)13-7-6-12(10-15-13)16-9-5-2/h6-7,10-11,14H,4-5,8-9H2,1-3H3. The lowest BCUT2D eigenvalue weighted by Gasteiger charge is -2.13. The first-order valence-corrected chi connectivity index (χ1v) is 6.10. The highest BCUT2D eigenvalue weighted by molar-refractivity contribution is 5.21. The molecule has 1 aromatic rings. The number of nitrogens with zero attached hydrogens (tertiary/aromatic N) is 1. The average molecular weight is 222 g/mol. The zero-order valence-electron chi connectivity index (χ0n) is 10.5. The average Bonchev–Trinajstić information content (AvgIpc) is 2.34. The van der Waals surface area contributed by atoms with Crippen LogP contribution in [0.3, 0.4) is 0 Å². The fraction of sp³-hybridized carbons (Fsp3) is 0.615. The Morgan fingerprint density at radius 3 is 2.69 bits per heavy atom. The molecule has 0 saturated heterocycles. The number of hydrogen-bond donors (Lipinski definition) is 1. The molecule has 0 aliphatic rings. The molecule has 0 aromatic carbocycles. The highest BCUT2D eigenvalue weighted by Crippen LogP contribution is 2.14. The minimum absolute atomic E-state index is 0.306. The largest absolute Gasteiger partial charge is 0.492 e. The molecule has 0 amide bonds. The molecule has 1 rings (SSSR count). The zero-order chi connectivity index (χ0) is 11.8. The van der Waals surface area contributed by atoms with Crippen molar-refractivity contribution in [3.05, 3.63) is 24.0 Å². The molecule has 1 atom stereocenters. The quantitative estimate of drug-likeness (QED) is 0.770. The van der Waals surface area contributed by atoms with E-state index in [-0.39, 0.29) is 0 Å². The van der Waals surface area contributed by atoms with Crippen molar-refractivity contribution < 1.29 is 4.74 Å². The van der Waals surface area contributed by atoms with Gasteiger partial charge in [-0.05, 0) is 38.4 Å². The van der Waals surface area contributed by atoms with E-state index in [1.807, 2.05) is 12.1 Å². The van der Waals surface area contributed by atoms with E-state index in [4.69, 9.17) is 4.74 Å². The van der Waals surface area contributed by atoms with Gasteiger partial charge < -0.3 is 10.1 Å². The maximum atomic E-state index is 5.49. The maximum absolute atomic E-state index is 5.49. The first-order chi connectivity index (χ1) is 7.77. The van der Waals surface area contributed by atoms with E-state index < -0.39 is 0 Å². The van der Waals surface area contributed by atoms with Gasteiger partial charge in [0.1, 0.15) is 5.75 Å². The molecule has 16 heavy (non-hydrogen) atoms. The van der Waals surface area contributed by atoms with Gasteiger partial charge in [-0.3, -0.25) is 4.98 Å². The molecule has 0 saturated carbocycles. The molecule has 1 heterocycles. The predicted molar refractivity (Wildman–Crippen MR) is 66.7 cm³/mol. The summed E-state index contributed by atoms with van der Waals surface area (Å²) < 4.78 is 5.49. The van der Waals surface area contributed by atoms with Gasteiger partial charge in [0.05, 0.1) is 18.5 Å². The molecular weight excluding hydrogens is 200 g/mol. The van der Waals surface area contributed by atoms with E-state index in [0.717, 1.165) is 37.4 Å². The first kappa shape index (κ1) is 13.0. The van der Waals surface area contributed by atoms with Gasteiger partial charge in [0.2, 0.25) is 0 Å². The van der Waals surface area contributed by atoms with Crippen molar-refractivity contribution >= 4 is 0 Å². The van der Waals surface area contributed by atoms with Crippen molar-refractivity contribution in [2.75, 3.05) is 13.2 Å². The zero-order valence-corrected chi connectivity index (χ0v) is 10.5. The van der Waals surface area contributed by atoms with Crippen molar-refractivity contribution in [1.29, 1.82) is 0 Å². The van der Waals surface area contributed by atoms with Gasteiger partial charge in [0.25, 0.3) is 0 Å². The molecule has 0 aliphatic carbocycles. The van der Waals surface area contributed by atoms with Crippen molar-refractivity contribution in [2.45, 2.75) is 39.7 Å². The molecule has 1 unspecified atom stereocenters. The Bertz CT molecular complexity index is 284. The van der Waals surface area contributed by atoms with E-state index in [1.165, 1.54) is 0 Å². The molecular formula is C13H22N2O. The summed E-state index contributed by atoms with van der Waals surface area (Å²) in [6, 6.07) is 4.32. The van der Waals surface area contributed by atoms with Gasteiger partial charge in [-0.25, -0.2) is 0 Å². The lowest BCUT2D eigenvalue weighted by Crippen LogP contribution is -2.20. The Balaban J connectivity index is 2.49. The number of pyridine rings is 1. The highest BCUT2D eigenvalue weighted by Gasteiger charge is 2.05. The van der Waals surface area contributed by atoms with E-state index in [0.29, 0.717) is 6.04 Å². The van der Waals surface area contributed by atoms with Crippen LogP contribution in [0.2, 0.25) is 0 Å². The van der Waals surface area contributed by atoms with Crippen LogP contribution in [0.15, 0.2) is 18.3 Å². The number of nitrogens with one attached hydrogen (secondary N) is 1. The second kappa shape index (κ2) is 7.23. The Hall–Kier alpha value is -1.09. The van der Waals surface area contributed by atoms with Gasteiger partial charge in [-0.1, -0.05) is 13.8 Å². The molecule has 0 radical (unpaired) electrons. The third-order valence-electron chi connectivity index (χ3n) is 2.38. The molecule has 3 heteroatoms. The molecule has 0 spiro atoms. The number of aromatic nitrogens is 1. The maximum Gasteiger partial charge on any atom is 0.137 e. The number of rotatable bonds is 7. The van der Waals surface area contributed by atoms with Gasteiger partial charge in [0, 0.05) is 6.04 Å². The van der Waals surface area contributed by atoms with Gasteiger partial charge in [-0.15, -0.1) is 0 Å². The second-order valence-corrected chi connectivity index (χ2v) is 3.94. The summed E-state index contributed by atoms with van der Waals surface area (Å²) in [6.07, 6.45) is 3.97. The lowest BCUT2D eigenvalue weighted by molar-refractivity contribution is 0.316. The Kier molecular flexibility index (Phi) is 5.86. The topological polar surface area (TPSA) is 34.1 Å². The van der Waals surface area contributed by atoms with Crippen LogP contribution in [0.1, 0.15) is 45.3 Å². The number of hydrogen-bond acceptors (Lipinski definition) is 3. The Labute approximate surface area is 98.2 Å². The summed E-state index contributed by atoms with van der Waals surface area (Å²) >= 11 is 0. The van der Waals surface area contributed by atoms with E-state index in [2.05, 4.69) is 31.1 Å². The van der Waals surface area contributed by atoms with E-state index in [1.54, 1.807) is 6.20 Å². The van der Waals surface area contributed by atoms with Crippen LogP contribution in [-0.2, 0) is 0 Å². The minimum atomic E-state index is 0.306. The first-order valence-electron chi connectivity index (χ1n) is 6.10. The smallest absolute Gasteiger partial charge is 0.137 e. The van der Waals surface area contributed by atoms with Crippen LogP contribution in [0, 0.1) is 0 Å². The van der Waals surface area contributed by atoms with Crippen molar-refractivity contribution in [3.8, 4) is 5.75 Å². The summed E-state index contributed by atoms with van der Waals surface area (Å²) in [5, 5.41) is 3.41. The Morgan fingerprint density at radius 2 is 2.12 bits per heavy atom. The van der Waals surface area contributed by atoms with Crippen LogP contribution in [0.25, 0.3) is 0 Å². The molecule has 0 aliphatic heterocycles. The lowest BCUT2D eigenvalue weighted by atomic mass is 10.2. The van der Waals surface area contributed by atoms with Crippen LogP contribution >= 0.6 is 0 Å². The highest BCUT2D eigenvalue weighted by atomic mass is 16.5. The SMILES string of the molecule is CCCNC(C)c1ccc(OCCC)cn1. The van der Waals surface area contributed by atoms with E-state index in [9.17, 15) is 0 Å². The van der Waals surface area contributed by atoms with Gasteiger partial charge >= 0.3 is 0 Å². The second-order valence-electron chi connectivity index (χ2n) is 3.94. The summed E-state index contributed by atoms with van der Waals surface area (Å²) in [5.74, 6) is 0.855. The molecule has 1 N–H and O–H groups in total. The summed E-state index contributed by atoms with van der Waals surface area (Å²) in [6.45, 7) is 8.17. The van der Waals surface area contributed by atoms with Gasteiger partial charge in [0.15, 0.2) is 0 Å². The van der Waals surface area contributed by atoms with Crippen molar-refractivity contribution in [3.63, 3.8) is 0 Å². The van der Waals surface area contributed by atoms with Crippen LogP contribution in [0.4, 0.5) is 0 Å². The fourth-order valence-corrected chi connectivity index (χ4v) is 1.42. The Morgan fingerprint density at radius 1 is 1.31 bits per heavy atom. The van der Waals surface area contributed by atoms with Crippen LogP contribution < -0.4 is 10.1 Å².